The summed E-state index contributed by atoms with van der Waals surface area (Å²) in [6, 6.07) is 8.55. The molecule has 1 heteroatoms. The molecule has 0 aliphatic rings. The molecule has 0 bridgehead atoms. The van der Waals surface area contributed by atoms with E-state index in [1.807, 2.05) is 0 Å². The highest BCUT2D eigenvalue weighted by atomic mass is 127. The number of hydrogen-bond donors (Lipinski definition) is 0. The molecule has 0 atom stereocenters. The summed E-state index contributed by atoms with van der Waals surface area (Å²) in [7, 11) is 0. The van der Waals surface area contributed by atoms with Crippen LogP contribution < -0.4 is 0 Å². The van der Waals surface area contributed by atoms with E-state index in [4.69, 9.17) is 0 Å². The van der Waals surface area contributed by atoms with Crippen molar-refractivity contribution in [3.8, 4) is 0 Å². The summed E-state index contributed by atoms with van der Waals surface area (Å²) >= 11 is 2.43. The van der Waals surface area contributed by atoms with Gasteiger partial charge in [-0.1, -0.05) is 74.7 Å². The first kappa shape index (κ1) is 15.5. The molecule has 0 heterocycles. The lowest BCUT2D eigenvalue weighted by atomic mass is 9.82. The molecule has 0 N–H and O–H groups in total. The maximum Gasteiger partial charge on any atom is 0.0414 e. The Morgan fingerprint density at radius 3 is 1.78 bits per heavy atom. The number of halogens is 1. The second kappa shape index (κ2) is 5.20. The van der Waals surface area contributed by atoms with Gasteiger partial charge >= 0.3 is 0 Å². The summed E-state index contributed by atoms with van der Waals surface area (Å²) in [5, 5.41) is 0. The SMILES string of the molecule is C=C(c1cccc(C(=C)C(C)(C)I)c1)C(C)(C)C. The maximum atomic E-state index is 4.23. The number of allylic oxidation sites excluding steroid dienone is 2. The summed E-state index contributed by atoms with van der Waals surface area (Å²) in [6.07, 6.45) is 0. The first-order valence-electron chi connectivity index (χ1n) is 6.22. The van der Waals surface area contributed by atoms with Crippen LogP contribution in [0.1, 0.15) is 45.7 Å². The summed E-state index contributed by atoms with van der Waals surface area (Å²) in [5.41, 5.74) is 4.84. The summed E-state index contributed by atoms with van der Waals surface area (Å²) in [5.74, 6) is 0. The molecule has 0 saturated heterocycles. The minimum atomic E-state index is 0.0689. The number of alkyl halides is 1. The van der Waals surface area contributed by atoms with Gasteiger partial charge in [0.2, 0.25) is 0 Å². The van der Waals surface area contributed by atoms with Crippen molar-refractivity contribution >= 4 is 33.7 Å². The zero-order valence-electron chi connectivity index (χ0n) is 12.1. The van der Waals surface area contributed by atoms with Crippen LogP contribution in [0.3, 0.4) is 0 Å². The van der Waals surface area contributed by atoms with Gasteiger partial charge in [-0.15, -0.1) is 0 Å². The van der Waals surface area contributed by atoms with Crippen molar-refractivity contribution in [2.75, 3.05) is 0 Å². The Bertz CT molecular complexity index is 426. The number of hydrogen-bond acceptors (Lipinski definition) is 0. The Hall–Kier alpha value is -0.570. The Kier molecular flexibility index (Phi) is 4.47. The van der Waals surface area contributed by atoms with Crippen LogP contribution in [0, 0.1) is 5.41 Å². The van der Waals surface area contributed by atoms with Gasteiger partial charge in [0, 0.05) is 3.42 Å². The Labute approximate surface area is 125 Å². The summed E-state index contributed by atoms with van der Waals surface area (Å²) < 4.78 is 0.0689. The van der Waals surface area contributed by atoms with Crippen LogP contribution in [0.2, 0.25) is 0 Å². The fraction of sp³-hybridized carbons (Fsp3) is 0.412. The quantitative estimate of drug-likeness (QED) is 0.463. The number of benzene rings is 1. The van der Waals surface area contributed by atoms with Gasteiger partial charge in [-0.3, -0.25) is 0 Å². The Balaban J connectivity index is 3.16. The van der Waals surface area contributed by atoms with Gasteiger partial charge in [0.1, 0.15) is 0 Å². The van der Waals surface area contributed by atoms with E-state index >= 15 is 0 Å². The van der Waals surface area contributed by atoms with E-state index in [9.17, 15) is 0 Å². The van der Waals surface area contributed by atoms with Gasteiger partial charge < -0.3 is 0 Å². The predicted octanol–water partition coefficient (Wildman–Crippen LogP) is 5.97. The predicted molar refractivity (Wildman–Crippen MR) is 92.1 cm³/mol. The van der Waals surface area contributed by atoms with Crippen LogP contribution in [-0.4, -0.2) is 3.42 Å². The third-order valence-electron chi connectivity index (χ3n) is 3.18. The van der Waals surface area contributed by atoms with Gasteiger partial charge in [-0.25, -0.2) is 0 Å². The lowest BCUT2D eigenvalue weighted by molar-refractivity contribution is 0.568. The normalized spacial score (nSPS) is 12.3. The average molecular weight is 354 g/mol. The molecule has 0 aromatic heterocycles. The van der Waals surface area contributed by atoms with Gasteiger partial charge in [0.05, 0.1) is 0 Å². The van der Waals surface area contributed by atoms with Crippen LogP contribution in [-0.2, 0) is 0 Å². The monoisotopic (exact) mass is 354 g/mol. The molecule has 98 valence electrons. The highest BCUT2D eigenvalue weighted by Crippen LogP contribution is 2.36. The highest BCUT2D eigenvalue weighted by Gasteiger charge is 2.20. The highest BCUT2D eigenvalue weighted by molar-refractivity contribution is 14.1. The molecule has 0 radical (unpaired) electrons. The molecule has 0 unspecified atom stereocenters. The molecular formula is C17H23I. The van der Waals surface area contributed by atoms with E-state index in [0.717, 1.165) is 5.57 Å². The van der Waals surface area contributed by atoms with Crippen molar-refractivity contribution in [2.45, 2.75) is 38.0 Å². The molecule has 1 aromatic rings. The molecule has 1 rings (SSSR count). The number of rotatable bonds is 3. The molecule has 1 aromatic carbocycles. The van der Waals surface area contributed by atoms with Crippen molar-refractivity contribution in [2.24, 2.45) is 5.41 Å². The molecule has 18 heavy (non-hydrogen) atoms. The van der Waals surface area contributed by atoms with Gasteiger partial charge in [0.25, 0.3) is 0 Å². The zero-order chi connectivity index (χ0) is 14.1. The van der Waals surface area contributed by atoms with Crippen molar-refractivity contribution < 1.29 is 0 Å². The summed E-state index contributed by atoms with van der Waals surface area (Å²) in [4.78, 5) is 0. The molecule has 0 amide bonds. The molecule has 0 spiro atoms. The van der Waals surface area contributed by atoms with Gasteiger partial charge in [0.15, 0.2) is 0 Å². The molecule has 0 saturated carbocycles. The standard InChI is InChI=1S/C17H23I/c1-12(16(3,4)5)14-9-8-10-15(11-14)13(2)17(6,7)18/h8-11H,1-2H2,3-7H3. The van der Waals surface area contributed by atoms with Crippen LogP contribution >= 0.6 is 22.6 Å². The Morgan fingerprint density at radius 1 is 0.944 bits per heavy atom. The van der Waals surface area contributed by atoms with Crippen molar-refractivity contribution in [3.05, 3.63) is 48.6 Å². The molecular weight excluding hydrogens is 331 g/mol. The average Bonchev–Trinajstić information content (AvgIpc) is 2.24. The molecule has 0 aliphatic heterocycles. The van der Waals surface area contributed by atoms with Gasteiger partial charge in [-0.2, -0.15) is 0 Å². The third-order valence-corrected chi connectivity index (χ3v) is 3.83. The first-order chi connectivity index (χ1) is 8.03. The lowest BCUT2D eigenvalue weighted by Gasteiger charge is -2.24. The minimum Gasteiger partial charge on any atom is -0.0947 e. The second-order valence-electron chi connectivity index (χ2n) is 6.26. The van der Waals surface area contributed by atoms with E-state index in [0.29, 0.717) is 0 Å². The Morgan fingerprint density at radius 2 is 1.39 bits per heavy atom. The van der Waals surface area contributed by atoms with Crippen molar-refractivity contribution in [1.82, 2.24) is 0 Å². The second-order valence-corrected chi connectivity index (χ2v) is 8.96. The molecule has 0 aliphatic carbocycles. The molecule has 0 nitrogen and oxygen atoms in total. The maximum absolute atomic E-state index is 4.23. The minimum absolute atomic E-state index is 0.0689. The van der Waals surface area contributed by atoms with Crippen molar-refractivity contribution in [1.29, 1.82) is 0 Å². The van der Waals surface area contributed by atoms with E-state index in [-0.39, 0.29) is 8.84 Å². The van der Waals surface area contributed by atoms with E-state index < -0.39 is 0 Å². The molecule has 0 fully saturated rings. The summed E-state index contributed by atoms with van der Waals surface area (Å²) in [6.45, 7) is 19.4. The van der Waals surface area contributed by atoms with Crippen LogP contribution in [0.5, 0.6) is 0 Å². The fourth-order valence-electron chi connectivity index (χ4n) is 1.67. The fourth-order valence-corrected chi connectivity index (χ4v) is 1.98. The zero-order valence-corrected chi connectivity index (χ0v) is 14.3. The topological polar surface area (TPSA) is 0 Å². The lowest BCUT2D eigenvalue weighted by Crippen LogP contribution is -2.12. The van der Waals surface area contributed by atoms with Crippen LogP contribution in [0.4, 0.5) is 0 Å². The third kappa shape index (κ3) is 3.71. The van der Waals surface area contributed by atoms with E-state index in [1.54, 1.807) is 0 Å². The largest absolute Gasteiger partial charge is 0.0947 e. The van der Waals surface area contributed by atoms with Crippen molar-refractivity contribution in [3.63, 3.8) is 0 Å². The van der Waals surface area contributed by atoms with Gasteiger partial charge in [-0.05, 0) is 47.6 Å². The first-order valence-corrected chi connectivity index (χ1v) is 7.30. The van der Waals surface area contributed by atoms with Crippen LogP contribution in [0.25, 0.3) is 11.1 Å². The van der Waals surface area contributed by atoms with E-state index in [2.05, 4.69) is 94.6 Å². The van der Waals surface area contributed by atoms with Crippen LogP contribution in [0.15, 0.2) is 37.4 Å². The smallest absolute Gasteiger partial charge is 0.0414 e. The van der Waals surface area contributed by atoms with E-state index in [1.165, 1.54) is 16.7 Å².